The minimum Gasteiger partial charge on any atom is -0.466 e. The summed E-state index contributed by atoms with van der Waals surface area (Å²) in [6.07, 6.45) is 7.12. The molecule has 2 aliphatic rings. The molecule has 140 valence electrons. The number of hydrogen-bond acceptors (Lipinski definition) is 6. The van der Waals surface area contributed by atoms with Gasteiger partial charge in [-0.25, -0.2) is 4.79 Å². The standard InChI is InChI=1S/C9H17NO2.C5H8O2.C4H9N/c1-2-12-9(11)5-6-10-7-8-3-4-8;1-3-5(6)7-4-2;5-3-4-1-2-4/h8,10H,2-7H2,1H3;3H,1,4H2,2H3;4H,1-3,5H2. The van der Waals surface area contributed by atoms with Gasteiger partial charge in [-0.3, -0.25) is 4.79 Å². The third-order valence-corrected chi connectivity index (χ3v) is 3.42. The minimum absolute atomic E-state index is 0.0965. The number of carbonyl (C=O) groups is 2. The highest BCUT2D eigenvalue weighted by atomic mass is 16.5. The number of esters is 2. The summed E-state index contributed by atoms with van der Waals surface area (Å²) in [6.45, 7) is 10.4. The molecule has 2 fully saturated rings. The van der Waals surface area contributed by atoms with E-state index in [0.717, 1.165) is 37.5 Å². The van der Waals surface area contributed by atoms with Gasteiger partial charge in [0.2, 0.25) is 0 Å². The maximum Gasteiger partial charge on any atom is 0.330 e. The van der Waals surface area contributed by atoms with Gasteiger partial charge in [-0.05, 0) is 64.5 Å². The number of nitrogens with one attached hydrogen (secondary N) is 1. The summed E-state index contributed by atoms with van der Waals surface area (Å²) in [5.74, 6) is 1.34. The number of hydrogen-bond donors (Lipinski definition) is 2. The SMILES string of the molecule is C=CC(=O)OCC.CCOC(=O)CCNCC1CC1.NCC1CC1. The fourth-order valence-electron chi connectivity index (χ4n) is 1.61. The van der Waals surface area contributed by atoms with Crippen molar-refractivity contribution in [3.8, 4) is 0 Å². The van der Waals surface area contributed by atoms with E-state index in [9.17, 15) is 9.59 Å². The minimum atomic E-state index is -0.359. The first-order chi connectivity index (χ1) is 11.6. The van der Waals surface area contributed by atoms with Gasteiger partial charge in [0.05, 0.1) is 19.6 Å². The highest BCUT2D eigenvalue weighted by Gasteiger charge is 2.20. The summed E-state index contributed by atoms with van der Waals surface area (Å²) in [7, 11) is 0. The van der Waals surface area contributed by atoms with Crippen molar-refractivity contribution < 1.29 is 19.1 Å². The van der Waals surface area contributed by atoms with E-state index in [2.05, 4.69) is 16.6 Å². The highest BCUT2D eigenvalue weighted by Crippen LogP contribution is 2.27. The first-order valence-electron chi connectivity index (χ1n) is 8.92. The van der Waals surface area contributed by atoms with Gasteiger partial charge in [-0.1, -0.05) is 6.58 Å². The van der Waals surface area contributed by atoms with Crippen molar-refractivity contribution in [2.75, 3.05) is 32.8 Å². The molecule has 0 bridgehead atoms. The average molecular weight is 342 g/mol. The average Bonchev–Trinajstić information content (AvgIpc) is 3.47. The van der Waals surface area contributed by atoms with Crippen LogP contribution in [0.25, 0.3) is 0 Å². The molecule has 2 saturated carbocycles. The zero-order chi connectivity index (χ0) is 18.2. The van der Waals surface area contributed by atoms with Crippen LogP contribution in [-0.4, -0.2) is 44.8 Å². The van der Waals surface area contributed by atoms with E-state index in [-0.39, 0.29) is 11.9 Å². The molecule has 3 N–H and O–H groups in total. The smallest absolute Gasteiger partial charge is 0.330 e. The van der Waals surface area contributed by atoms with Crippen molar-refractivity contribution in [2.24, 2.45) is 17.6 Å². The second kappa shape index (κ2) is 15.1. The van der Waals surface area contributed by atoms with Crippen molar-refractivity contribution in [3.63, 3.8) is 0 Å². The summed E-state index contributed by atoms with van der Waals surface area (Å²) in [6, 6.07) is 0. The summed E-state index contributed by atoms with van der Waals surface area (Å²) >= 11 is 0. The van der Waals surface area contributed by atoms with Crippen LogP contribution in [0.1, 0.15) is 46.0 Å². The maximum atomic E-state index is 10.8. The van der Waals surface area contributed by atoms with Crippen LogP contribution < -0.4 is 11.1 Å². The predicted molar refractivity (Wildman–Crippen MR) is 95.5 cm³/mol. The third kappa shape index (κ3) is 17.0. The normalized spacial score (nSPS) is 15.1. The molecule has 2 aliphatic carbocycles. The van der Waals surface area contributed by atoms with Crippen molar-refractivity contribution in [2.45, 2.75) is 46.0 Å². The summed E-state index contributed by atoms with van der Waals surface area (Å²) in [4.78, 5) is 20.9. The van der Waals surface area contributed by atoms with E-state index in [4.69, 9.17) is 10.5 Å². The second-order valence-electron chi connectivity index (χ2n) is 5.84. The molecule has 0 atom stereocenters. The quantitative estimate of drug-likeness (QED) is 0.378. The van der Waals surface area contributed by atoms with Crippen molar-refractivity contribution in [1.29, 1.82) is 0 Å². The highest BCUT2D eigenvalue weighted by molar-refractivity contribution is 5.81. The van der Waals surface area contributed by atoms with Crippen LogP contribution in [0.5, 0.6) is 0 Å². The zero-order valence-electron chi connectivity index (χ0n) is 15.2. The molecule has 0 aromatic rings. The van der Waals surface area contributed by atoms with E-state index < -0.39 is 0 Å². The second-order valence-corrected chi connectivity index (χ2v) is 5.84. The van der Waals surface area contributed by atoms with Gasteiger partial charge >= 0.3 is 11.9 Å². The third-order valence-electron chi connectivity index (χ3n) is 3.42. The summed E-state index contributed by atoms with van der Waals surface area (Å²) in [5, 5.41) is 3.24. The Morgan fingerprint density at radius 2 is 1.71 bits per heavy atom. The van der Waals surface area contributed by atoms with Crippen molar-refractivity contribution in [3.05, 3.63) is 12.7 Å². The Morgan fingerprint density at radius 1 is 1.12 bits per heavy atom. The van der Waals surface area contributed by atoms with Gasteiger partial charge in [0.1, 0.15) is 0 Å². The summed E-state index contributed by atoms with van der Waals surface area (Å²) in [5.41, 5.74) is 5.23. The zero-order valence-corrected chi connectivity index (χ0v) is 15.2. The number of carbonyl (C=O) groups excluding carboxylic acids is 2. The van der Waals surface area contributed by atoms with E-state index in [1.165, 1.54) is 25.7 Å². The largest absolute Gasteiger partial charge is 0.466 e. The fraction of sp³-hybridized carbons (Fsp3) is 0.778. The molecule has 6 nitrogen and oxygen atoms in total. The van der Waals surface area contributed by atoms with Crippen LogP contribution in [-0.2, 0) is 19.1 Å². The molecule has 0 spiro atoms. The van der Waals surface area contributed by atoms with Crippen LogP contribution in [0.15, 0.2) is 12.7 Å². The molecule has 0 unspecified atom stereocenters. The van der Waals surface area contributed by atoms with Crippen LogP contribution in [0.2, 0.25) is 0 Å². The van der Waals surface area contributed by atoms with Crippen molar-refractivity contribution >= 4 is 11.9 Å². The van der Waals surface area contributed by atoms with Crippen LogP contribution >= 0.6 is 0 Å². The lowest BCUT2D eigenvalue weighted by Crippen LogP contribution is -2.21. The van der Waals surface area contributed by atoms with Crippen LogP contribution in [0.3, 0.4) is 0 Å². The summed E-state index contributed by atoms with van der Waals surface area (Å²) < 4.78 is 9.22. The van der Waals surface area contributed by atoms with Gasteiger partial charge in [0, 0.05) is 12.6 Å². The maximum absolute atomic E-state index is 10.8. The first-order valence-corrected chi connectivity index (χ1v) is 8.92. The van der Waals surface area contributed by atoms with Gasteiger partial charge < -0.3 is 20.5 Å². The van der Waals surface area contributed by atoms with E-state index in [1.54, 1.807) is 6.92 Å². The molecular weight excluding hydrogens is 308 g/mol. The molecule has 0 saturated heterocycles. The monoisotopic (exact) mass is 342 g/mol. The lowest BCUT2D eigenvalue weighted by atomic mass is 10.4. The Morgan fingerprint density at radius 3 is 2.04 bits per heavy atom. The predicted octanol–water partition coefficient (Wildman–Crippen LogP) is 2.03. The van der Waals surface area contributed by atoms with Crippen molar-refractivity contribution in [1.82, 2.24) is 5.32 Å². The van der Waals surface area contributed by atoms with Gasteiger partial charge in [-0.15, -0.1) is 0 Å². The Bertz CT molecular complexity index is 353. The molecule has 0 radical (unpaired) electrons. The molecular formula is C18H34N2O4. The Labute approximate surface area is 146 Å². The number of nitrogens with two attached hydrogens (primary N) is 1. The molecule has 0 aromatic heterocycles. The molecule has 0 aromatic carbocycles. The van der Waals surface area contributed by atoms with E-state index >= 15 is 0 Å². The van der Waals surface area contributed by atoms with E-state index in [1.807, 2.05) is 6.92 Å². The fourth-order valence-corrected chi connectivity index (χ4v) is 1.61. The lowest BCUT2D eigenvalue weighted by molar-refractivity contribution is -0.143. The molecule has 0 amide bonds. The lowest BCUT2D eigenvalue weighted by Gasteiger charge is -2.02. The number of ether oxygens (including phenoxy) is 2. The number of rotatable bonds is 9. The molecule has 24 heavy (non-hydrogen) atoms. The molecule has 0 heterocycles. The van der Waals surface area contributed by atoms with Gasteiger partial charge in [-0.2, -0.15) is 0 Å². The van der Waals surface area contributed by atoms with E-state index in [0.29, 0.717) is 19.6 Å². The van der Waals surface area contributed by atoms with Crippen LogP contribution in [0, 0.1) is 11.8 Å². The molecule has 0 aliphatic heterocycles. The first kappa shape index (κ1) is 22.6. The Hall–Kier alpha value is -1.40. The Balaban J connectivity index is 0.000000372. The van der Waals surface area contributed by atoms with Crippen LogP contribution in [0.4, 0.5) is 0 Å². The Kier molecular flexibility index (Phi) is 14.3. The van der Waals surface area contributed by atoms with Gasteiger partial charge in [0.25, 0.3) is 0 Å². The van der Waals surface area contributed by atoms with Gasteiger partial charge in [0.15, 0.2) is 0 Å². The molecule has 6 heteroatoms. The molecule has 2 rings (SSSR count). The topological polar surface area (TPSA) is 90.6 Å².